The van der Waals surface area contributed by atoms with Gasteiger partial charge in [0.05, 0.1) is 0 Å². The third kappa shape index (κ3) is 2.61. The molecule has 2 nitrogen and oxygen atoms in total. The second kappa shape index (κ2) is 5.78. The number of aromatic amines is 1. The summed E-state index contributed by atoms with van der Waals surface area (Å²) in [6.45, 7) is 0. The highest BCUT2D eigenvalue weighted by molar-refractivity contribution is 6.09. The van der Waals surface area contributed by atoms with E-state index in [4.69, 9.17) is 0 Å². The molecule has 0 bridgehead atoms. The van der Waals surface area contributed by atoms with Crippen molar-refractivity contribution < 1.29 is 9.18 Å². The summed E-state index contributed by atoms with van der Waals surface area (Å²) in [7, 11) is 0. The fourth-order valence-electron chi connectivity index (χ4n) is 2.84. The molecule has 0 aliphatic carbocycles. The van der Waals surface area contributed by atoms with Gasteiger partial charge in [0.2, 0.25) is 0 Å². The summed E-state index contributed by atoms with van der Waals surface area (Å²) in [4.78, 5) is 15.8. The lowest BCUT2D eigenvalue weighted by Crippen LogP contribution is -2.01. The van der Waals surface area contributed by atoms with Gasteiger partial charge in [-0.25, -0.2) is 4.39 Å². The molecule has 0 spiro atoms. The number of carbonyl (C=O) groups is 1. The van der Waals surface area contributed by atoms with Gasteiger partial charge in [-0.2, -0.15) is 0 Å². The van der Waals surface area contributed by atoms with Crippen LogP contribution in [0.25, 0.3) is 22.0 Å². The van der Waals surface area contributed by atoms with Gasteiger partial charge in [0, 0.05) is 22.8 Å². The highest BCUT2D eigenvalue weighted by atomic mass is 19.1. The fraction of sp³-hybridized carbons (Fsp3) is 0. The Hall–Kier alpha value is -3.20. The van der Waals surface area contributed by atoms with Crippen molar-refractivity contribution in [1.29, 1.82) is 0 Å². The first-order chi connectivity index (χ1) is 11.7. The van der Waals surface area contributed by atoms with Gasteiger partial charge in [-0.15, -0.1) is 0 Å². The number of hydrogen-bond donors (Lipinski definition) is 1. The first-order valence-electron chi connectivity index (χ1n) is 7.68. The van der Waals surface area contributed by atoms with E-state index in [1.165, 1.54) is 24.3 Å². The Bertz CT molecular complexity index is 1030. The van der Waals surface area contributed by atoms with Crippen LogP contribution in [0.3, 0.4) is 0 Å². The quantitative estimate of drug-likeness (QED) is 0.518. The summed E-state index contributed by atoms with van der Waals surface area (Å²) in [5, 5.41) is 1.13. The van der Waals surface area contributed by atoms with Crippen LogP contribution in [0.15, 0.2) is 79.0 Å². The minimum atomic E-state index is -0.347. The zero-order valence-corrected chi connectivity index (χ0v) is 12.8. The minimum Gasteiger partial charge on any atom is -0.361 e. The van der Waals surface area contributed by atoms with E-state index in [-0.39, 0.29) is 11.6 Å². The van der Waals surface area contributed by atoms with Gasteiger partial charge >= 0.3 is 0 Å². The fourth-order valence-corrected chi connectivity index (χ4v) is 2.84. The first-order valence-corrected chi connectivity index (χ1v) is 7.68. The Kier molecular flexibility index (Phi) is 3.47. The molecule has 0 radical (unpaired) electrons. The van der Waals surface area contributed by atoms with Gasteiger partial charge in [0.25, 0.3) is 0 Å². The van der Waals surface area contributed by atoms with E-state index >= 15 is 0 Å². The molecule has 1 N–H and O–H groups in total. The molecule has 4 rings (SSSR count). The van der Waals surface area contributed by atoms with Gasteiger partial charge in [-0.05, 0) is 65.0 Å². The molecule has 0 fully saturated rings. The van der Waals surface area contributed by atoms with Crippen LogP contribution in [0.2, 0.25) is 0 Å². The summed E-state index contributed by atoms with van der Waals surface area (Å²) in [5.41, 5.74) is 4.18. The molecule has 3 heteroatoms. The van der Waals surface area contributed by atoms with Gasteiger partial charge in [0.15, 0.2) is 5.78 Å². The normalized spacial score (nSPS) is 10.9. The molecule has 0 aliphatic rings. The Labute approximate surface area is 138 Å². The van der Waals surface area contributed by atoms with Gasteiger partial charge < -0.3 is 4.98 Å². The maximum absolute atomic E-state index is 13.0. The van der Waals surface area contributed by atoms with Crippen LogP contribution in [-0.2, 0) is 0 Å². The van der Waals surface area contributed by atoms with Gasteiger partial charge in [-0.1, -0.05) is 24.3 Å². The number of benzene rings is 3. The van der Waals surface area contributed by atoms with Crippen LogP contribution in [0.1, 0.15) is 15.9 Å². The molecule has 0 saturated heterocycles. The smallest absolute Gasteiger partial charge is 0.193 e. The molecule has 24 heavy (non-hydrogen) atoms. The molecular weight excluding hydrogens is 301 g/mol. The number of halogens is 1. The number of aromatic nitrogens is 1. The molecule has 0 unspecified atom stereocenters. The molecule has 0 saturated carbocycles. The van der Waals surface area contributed by atoms with Crippen molar-refractivity contribution in [3.05, 3.63) is 95.9 Å². The van der Waals surface area contributed by atoms with Crippen molar-refractivity contribution in [3.63, 3.8) is 0 Å². The van der Waals surface area contributed by atoms with Crippen molar-refractivity contribution in [2.24, 2.45) is 0 Å². The van der Waals surface area contributed by atoms with Crippen LogP contribution in [0.4, 0.5) is 4.39 Å². The standard InChI is InChI=1S/C21H14FNO/c22-19-7-4-14(5-8-19)21(24)18-3-1-2-15(13-18)16-6-9-20-17(12-16)10-11-23-20/h1-13,23H. The molecule has 3 aromatic carbocycles. The Morgan fingerprint density at radius 3 is 2.42 bits per heavy atom. The molecular formula is C21H14FNO. The predicted octanol–water partition coefficient (Wildman–Crippen LogP) is 5.21. The molecule has 116 valence electrons. The van der Waals surface area contributed by atoms with Crippen LogP contribution in [0.5, 0.6) is 0 Å². The second-order valence-corrected chi connectivity index (χ2v) is 5.70. The van der Waals surface area contributed by atoms with Crippen molar-refractivity contribution in [3.8, 4) is 11.1 Å². The number of H-pyrrole nitrogens is 1. The van der Waals surface area contributed by atoms with E-state index in [0.29, 0.717) is 11.1 Å². The topological polar surface area (TPSA) is 32.9 Å². The number of ketones is 1. The van der Waals surface area contributed by atoms with E-state index in [1.54, 1.807) is 6.07 Å². The third-order valence-corrected chi connectivity index (χ3v) is 4.12. The zero-order valence-electron chi connectivity index (χ0n) is 12.8. The van der Waals surface area contributed by atoms with Crippen LogP contribution >= 0.6 is 0 Å². The third-order valence-electron chi connectivity index (χ3n) is 4.12. The maximum atomic E-state index is 13.0. The van der Waals surface area contributed by atoms with E-state index in [0.717, 1.165) is 22.0 Å². The summed E-state index contributed by atoms with van der Waals surface area (Å²) < 4.78 is 13.0. The summed E-state index contributed by atoms with van der Waals surface area (Å²) in [6.07, 6.45) is 1.91. The van der Waals surface area contributed by atoms with E-state index in [9.17, 15) is 9.18 Å². The van der Waals surface area contributed by atoms with Crippen LogP contribution in [0, 0.1) is 5.82 Å². The van der Waals surface area contributed by atoms with Gasteiger partial charge in [-0.3, -0.25) is 4.79 Å². The Morgan fingerprint density at radius 2 is 1.58 bits per heavy atom. The molecule has 1 heterocycles. The molecule has 0 atom stereocenters. The van der Waals surface area contributed by atoms with E-state index < -0.39 is 0 Å². The predicted molar refractivity (Wildman–Crippen MR) is 93.6 cm³/mol. The summed E-state index contributed by atoms with van der Waals surface area (Å²) in [5.74, 6) is -0.459. The highest BCUT2D eigenvalue weighted by Gasteiger charge is 2.10. The second-order valence-electron chi connectivity index (χ2n) is 5.70. The largest absolute Gasteiger partial charge is 0.361 e. The number of nitrogens with one attached hydrogen (secondary N) is 1. The SMILES string of the molecule is O=C(c1ccc(F)cc1)c1cccc(-c2ccc3[nH]ccc3c2)c1. The summed E-state index contributed by atoms with van der Waals surface area (Å²) >= 11 is 0. The molecule has 0 amide bonds. The average Bonchev–Trinajstić information content (AvgIpc) is 3.09. The number of hydrogen-bond acceptors (Lipinski definition) is 1. The van der Waals surface area contributed by atoms with Crippen LogP contribution in [-0.4, -0.2) is 10.8 Å². The lowest BCUT2D eigenvalue weighted by Gasteiger charge is -2.06. The Balaban J connectivity index is 1.72. The average molecular weight is 315 g/mol. The van der Waals surface area contributed by atoms with Crippen LogP contribution < -0.4 is 0 Å². The number of rotatable bonds is 3. The van der Waals surface area contributed by atoms with Gasteiger partial charge in [0.1, 0.15) is 5.82 Å². The molecule has 4 aromatic rings. The number of fused-ring (bicyclic) bond motifs is 1. The molecule has 0 aliphatic heterocycles. The van der Waals surface area contributed by atoms with E-state index in [2.05, 4.69) is 11.1 Å². The zero-order chi connectivity index (χ0) is 16.5. The van der Waals surface area contributed by atoms with Crippen molar-refractivity contribution in [2.45, 2.75) is 0 Å². The highest BCUT2D eigenvalue weighted by Crippen LogP contribution is 2.25. The monoisotopic (exact) mass is 315 g/mol. The van der Waals surface area contributed by atoms with E-state index in [1.807, 2.05) is 42.6 Å². The van der Waals surface area contributed by atoms with Crippen molar-refractivity contribution in [2.75, 3.05) is 0 Å². The maximum Gasteiger partial charge on any atom is 0.193 e. The lowest BCUT2D eigenvalue weighted by atomic mass is 9.97. The van der Waals surface area contributed by atoms with Crippen molar-refractivity contribution in [1.82, 2.24) is 4.98 Å². The lowest BCUT2D eigenvalue weighted by molar-refractivity contribution is 0.103. The van der Waals surface area contributed by atoms with Crippen molar-refractivity contribution >= 4 is 16.7 Å². The minimum absolute atomic E-state index is 0.112. The first kappa shape index (κ1) is 14.4. The summed E-state index contributed by atoms with van der Waals surface area (Å²) in [6, 6.07) is 21.3. The number of carbonyl (C=O) groups excluding carboxylic acids is 1. The molecule has 1 aromatic heterocycles. The Morgan fingerprint density at radius 1 is 0.792 bits per heavy atom.